The second kappa shape index (κ2) is 6.42. The van der Waals surface area contributed by atoms with Gasteiger partial charge >= 0.3 is 0 Å². The van der Waals surface area contributed by atoms with Crippen LogP contribution in [0.2, 0.25) is 0 Å². The number of aryl methyl sites for hydroxylation is 1. The minimum atomic E-state index is -2.60. The number of Topliss-reactive ketones (excluding diaryl/α,β-unsaturated/α-hetero) is 5. The van der Waals surface area contributed by atoms with Crippen LogP contribution in [-0.2, 0) is 32.0 Å². The number of benzene rings is 1. The topological polar surface area (TPSA) is 126 Å². The van der Waals surface area contributed by atoms with Crippen LogP contribution in [0.25, 0.3) is 0 Å². The zero-order valence-electron chi connectivity index (χ0n) is 18.1. The smallest absolute Gasteiger partial charge is 0.190 e. The highest BCUT2D eigenvalue weighted by atomic mass is 16.3. The molecule has 0 aromatic heterocycles. The summed E-state index contributed by atoms with van der Waals surface area (Å²) in [6, 6.07) is 3.17. The fraction of sp³-hybridized carbons (Fsp3) is 0.542. The lowest BCUT2D eigenvalue weighted by Crippen LogP contribution is -2.73. The van der Waals surface area contributed by atoms with Crippen LogP contribution in [0.4, 0.5) is 0 Å². The summed E-state index contributed by atoms with van der Waals surface area (Å²) < 4.78 is 0. The van der Waals surface area contributed by atoms with Crippen molar-refractivity contribution >= 4 is 28.9 Å². The molecule has 0 bridgehead atoms. The van der Waals surface area contributed by atoms with Gasteiger partial charge in [0.15, 0.2) is 28.7 Å². The van der Waals surface area contributed by atoms with E-state index in [4.69, 9.17) is 0 Å². The van der Waals surface area contributed by atoms with Gasteiger partial charge in [-0.2, -0.15) is 0 Å². The number of fused-ring (bicyclic) bond motifs is 3. The number of aromatic hydroxyl groups is 1. The van der Waals surface area contributed by atoms with Crippen molar-refractivity contribution in [3.63, 3.8) is 0 Å². The molecule has 2 N–H and O–H groups in total. The number of phenolic OH excluding ortho intramolecular Hbond substituents is 1. The summed E-state index contributed by atoms with van der Waals surface area (Å²) >= 11 is 0. The van der Waals surface area contributed by atoms with E-state index in [-0.39, 0.29) is 24.2 Å². The van der Waals surface area contributed by atoms with Crippen molar-refractivity contribution in [1.29, 1.82) is 0 Å². The molecule has 2 saturated carbocycles. The fourth-order valence-electron chi connectivity index (χ4n) is 6.44. The Balaban J connectivity index is 1.93. The maximum atomic E-state index is 13.7. The number of carbonyl (C=O) groups is 5. The third-order valence-electron chi connectivity index (χ3n) is 7.75. The first-order chi connectivity index (χ1) is 14.3. The molecule has 1 aromatic rings. The van der Waals surface area contributed by atoms with Crippen LogP contribution in [0.15, 0.2) is 12.1 Å². The Morgan fingerprint density at radius 1 is 1.10 bits per heavy atom. The van der Waals surface area contributed by atoms with Gasteiger partial charge in [-0.25, -0.2) is 0 Å². The second-order valence-electron chi connectivity index (χ2n) is 9.94. The molecule has 3 aliphatic rings. The Hall–Kier alpha value is -2.67. The Morgan fingerprint density at radius 2 is 1.74 bits per heavy atom. The SMILES string of the molecule is CCc1ccc(O)c2c1C[C@@]1(C)C[C@@]3(C)CC(=O)C(C(C)=O)C(=O)[C@@]3(O)C(=O)C1C2=O. The molecule has 0 saturated heterocycles. The van der Waals surface area contributed by atoms with Gasteiger partial charge in [0.1, 0.15) is 17.5 Å². The predicted octanol–water partition coefficient (Wildman–Crippen LogP) is 1.77. The van der Waals surface area contributed by atoms with Gasteiger partial charge in [-0.3, -0.25) is 24.0 Å². The number of phenols is 1. The highest BCUT2D eigenvalue weighted by Gasteiger charge is 2.73. The lowest BCUT2D eigenvalue weighted by Gasteiger charge is -2.58. The molecule has 5 atom stereocenters. The summed E-state index contributed by atoms with van der Waals surface area (Å²) in [5.41, 5.74) is -3.35. The van der Waals surface area contributed by atoms with Gasteiger partial charge in [-0.1, -0.05) is 26.8 Å². The van der Waals surface area contributed by atoms with Crippen LogP contribution in [-0.4, -0.2) is 44.7 Å². The van der Waals surface area contributed by atoms with E-state index in [1.54, 1.807) is 13.0 Å². The van der Waals surface area contributed by atoms with Gasteiger partial charge in [0.2, 0.25) is 0 Å². The first-order valence-corrected chi connectivity index (χ1v) is 10.5. The van der Waals surface area contributed by atoms with Gasteiger partial charge in [-0.15, -0.1) is 0 Å². The van der Waals surface area contributed by atoms with Crippen LogP contribution in [0.3, 0.4) is 0 Å². The van der Waals surface area contributed by atoms with Crippen molar-refractivity contribution in [1.82, 2.24) is 0 Å². The third-order valence-corrected chi connectivity index (χ3v) is 7.75. The highest BCUT2D eigenvalue weighted by molar-refractivity contribution is 6.32. The predicted molar refractivity (Wildman–Crippen MR) is 109 cm³/mol. The molecule has 31 heavy (non-hydrogen) atoms. The van der Waals surface area contributed by atoms with E-state index in [0.717, 1.165) is 12.5 Å². The lowest BCUT2D eigenvalue weighted by atomic mass is 9.43. The Morgan fingerprint density at radius 3 is 2.32 bits per heavy atom. The van der Waals surface area contributed by atoms with Gasteiger partial charge < -0.3 is 10.2 Å². The first kappa shape index (κ1) is 21.6. The van der Waals surface area contributed by atoms with E-state index in [1.165, 1.54) is 13.0 Å². The Labute approximate surface area is 179 Å². The summed E-state index contributed by atoms with van der Waals surface area (Å²) in [4.78, 5) is 65.0. The fourth-order valence-corrected chi connectivity index (χ4v) is 6.44. The molecule has 0 radical (unpaired) electrons. The Bertz CT molecular complexity index is 1090. The summed E-state index contributed by atoms with van der Waals surface area (Å²) in [7, 11) is 0. The van der Waals surface area contributed by atoms with Crippen molar-refractivity contribution in [2.75, 3.05) is 0 Å². The van der Waals surface area contributed by atoms with Crippen LogP contribution in [0.5, 0.6) is 5.75 Å². The van der Waals surface area contributed by atoms with Crippen LogP contribution < -0.4 is 0 Å². The van der Waals surface area contributed by atoms with E-state index < -0.39 is 57.2 Å². The maximum Gasteiger partial charge on any atom is 0.190 e. The van der Waals surface area contributed by atoms with Gasteiger partial charge in [-0.05, 0) is 48.8 Å². The molecule has 0 aliphatic heterocycles. The van der Waals surface area contributed by atoms with Gasteiger partial charge in [0, 0.05) is 11.8 Å². The van der Waals surface area contributed by atoms with Gasteiger partial charge in [0.05, 0.1) is 11.5 Å². The normalized spacial score (nSPS) is 37.2. The molecule has 3 aliphatic carbocycles. The molecule has 164 valence electrons. The quantitative estimate of drug-likeness (QED) is 0.690. The molecule has 7 heteroatoms. The van der Waals surface area contributed by atoms with E-state index in [2.05, 4.69) is 0 Å². The molecular weight excluding hydrogens is 400 g/mol. The minimum absolute atomic E-state index is 0.0600. The number of rotatable bonds is 2. The standard InChI is InChI=1S/C24H26O7/c1-5-12-6-7-14(26)17-13(12)8-22(3)10-23(4)9-15(27)16(11(2)25)20(29)24(23,31)21(30)18(22)19(17)28/h6-7,16,18,26,31H,5,8-10H2,1-4H3/t16?,18?,22-,23+,24+/m0/s1. The first-order valence-electron chi connectivity index (χ1n) is 10.5. The number of ketones is 5. The molecule has 4 rings (SSSR count). The van der Waals surface area contributed by atoms with Crippen molar-refractivity contribution in [3.8, 4) is 5.75 Å². The van der Waals surface area contributed by atoms with E-state index in [1.807, 2.05) is 6.92 Å². The van der Waals surface area contributed by atoms with Crippen LogP contribution in [0.1, 0.15) is 62.0 Å². The van der Waals surface area contributed by atoms with Crippen molar-refractivity contribution in [2.45, 2.75) is 59.0 Å². The molecule has 7 nitrogen and oxygen atoms in total. The number of hydrogen-bond donors (Lipinski definition) is 2. The molecule has 2 fully saturated rings. The van der Waals surface area contributed by atoms with E-state index in [0.29, 0.717) is 18.4 Å². The maximum absolute atomic E-state index is 13.7. The largest absolute Gasteiger partial charge is 0.507 e. The second-order valence-corrected chi connectivity index (χ2v) is 9.94. The van der Waals surface area contributed by atoms with Crippen molar-refractivity contribution in [3.05, 3.63) is 28.8 Å². The molecule has 0 amide bonds. The van der Waals surface area contributed by atoms with E-state index >= 15 is 0 Å². The van der Waals surface area contributed by atoms with Crippen LogP contribution >= 0.6 is 0 Å². The van der Waals surface area contributed by atoms with E-state index in [9.17, 15) is 34.2 Å². The minimum Gasteiger partial charge on any atom is -0.507 e. The molecule has 0 spiro atoms. The molecular formula is C24H26O7. The molecule has 1 aromatic carbocycles. The number of hydrogen-bond acceptors (Lipinski definition) is 7. The monoisotopic (exact) mass is 426 g/mol. The summed E-state index contributed by atoms with van der Waals surface area (Å²) in [5.74, 6) is -7.33. The van der Waals surface area contributed by atoms with Crippen LogP contribution in [0, 0.1) is 22.7 Å². The molecule has 2 unspecified atom stereocenters. The zero-order chi connectivity index (χ0) is 23.1. The number of carbonyl (C=O) groups excluding carboxylic acids is 5. The third kappa shape index (κ3) is 2.53. The average Bonchev–Trinajstić information content (AvgIpc) is 2.64. The lowest BCUT2D eigenvalue weighted by molar-refractivity contribution is -0.193. The van der Waals surface area contributed by atoms with Crippen molar-refractivity contribution in [2.24, 2.45) is 22.7 Å². The van der Waals surface area contributed by atoms with Gasteiger partial charge in [0.25, 0.3) is 0 Å². The average molecular weight is 426 g/mol. The zero-order valence-corrected chi connectivity index (χ0v) is 18.1. The van der Waals surface area contributed by atoms with Crippen molar-refractivity contribution < 1.29 is 34.2 Å². The highest BCUT2D eigenvalue weighted by Crippen LogP contribution is 2.61. The number of aliphatic hydroxyl groups is 1. The summed E-state index contributed by atoms with van der Waals surface area (Å²) in [6.45, 7) is 6.28. The summed E-state index contributed by atoms with van der Waals surface area (Å²) in [6.07, 6.45) is 0.712. The molecule has 0 heterocycles. The Kier molecular flexibility index (Phi) is 4.46. The summed E-state index contributed by atoms with van der Waals surface area (Å²) in [5, 5.41) is 21.9.